The lowest BCUT2D eigenvalue weighted by molar-refractivity contribution is 0.307. The smallest absolute Gasteiger partial charge is 0.274 e. The van der Waals surface area contributed by atoms with Gasteiger partial charge in [-0.15, -0.1) is 0 Å². The summed E-state index contributed by atoms with van der Waals surface area (Å²) in [4.78, 5) is 18.2. The minimum atomic E-state index is -0.113. The van der Waals surface area contributed by atoms with Gasteiger partial charge in [0.15, 0.2) is 10.7 Å². The second-order valence-corrected chi connectivity index (χ2v) is 9.74. The molecule has 166 valence electrons. The number of halogens is 2. The normalized spacial score (nSPS) is 12.2. The van der Waals surface area contributed by atoms with Gasteiger partial charge in [0.05, 0.1) is 25.6 Å². The molecule has 0 atom stereocenters. The Balaban J connectivity index is 1.31. The number of benzene rings is 4. The topological polar surface area (TPSA) is 43.6 Å². The van der Waals surface area contributed by atoms with E-state index >= 15 is 0 Å². The SMILES string of the molecule is O=c1c(=Cc2cc(Cl)c(OCc3ccc4ccccc4c3)c(Cl)c2)sc2nc3ccccc3n12. The third kappa shape index (κ3) is 3.72. The molecule has 0 bridgehead atoms. The largest absolute Gasteiger partial charge is 0.486 e. The highest BCUT2D eigenvalue weighted by Crippen LogP contribution is 2.35. The Morgan fingerprint density at radius 2 is 1.65 bits per heavy atom. The summed E-state index contributed by atoms with van der Waals surface area (Å²) in [6, 6.07) is 25.4. The molecule has 0 spiro atoms. The summed E-state index contributed by atoms with van der Waals surface area (Å²) in [6.45, 7) is 0.341. The molecule has 0 amide bonds. The lowest BCUT2D eigenvalue weighted by Gasteiger charge is -2.11. The third-order valence-electron chi connectivity index (χ3n) is 5.66. The molecule has 2 aromatic heterocycles. The van der Waals surface area contributed by atoms with Crippen LogP contribution in [0.15, 0.2) is 83.7 Å². The maximum atomic E-state index is 13.0. The maximum Gasteiger partial charge on any atom is 0.274 e. The molecule has 4 aromatic carbocycles. The summed E-state index contributed by atoms with van der Waals surface area (Å²) in [7, 11) is 0. The molecule has 0 radical (unpaired) electrons. The summed E-state index contributed by atoms with van der Waals surface area (Å²) in [5, 5.41) is 3.10. The van der Waals surface area contributed by atoms with Crippen molar-refractivity contribution in [3.63, 3.8) is 0 Å². The number of nitrogens with zero attached hydrogens (tertiary/aromatic N) is 2. The van der Waals surface area contributed by atoms with Crippen LogP contribution in [0.25, 0.3) is 32.8 Å². The fourth-order valence-electron chi connectivity index (χ4n) is 4.05. The van der Waals surface area contributed by atoms with Crippen LogP contribution in [0, 0.1) is 0 Å². The molecule has 0 aliphatic carbocycles. The molecule has 0 saturated heterocycles. The minimum absolute atomic E-state index is 0.113. The first-order valence-corrected chi connectivity index (χ1v) is 12.2. The summed E-state index contributed by atoms with van der Waals surface area (Å²) in [6.07, 6.45) is 1.78. The van der Waals surface area contributed by atoms with Gasteiger partial charge in [-0.2, -0.15) is 0 Å². The zero-order valence-corrected chi connectivity index (χ0v) is 20.0. The van der Waals surface area contributed by atoms with Gasteiger partial charge in [0.1, 0.15) is 6.61 Å². The van der Waals surface area contributed by atoms with Crippen LogP contribution in [0.4, 0.5) is 0 Å². The van der Waals surface area contributed by atoms with E-state index in [-0.39, 0.29) is 5.56 Å². The molecule has 4 nitrogen and oxygen atoms in total. The van der Waals surface area contributed by atoms with Crippen molar-refractivity contribution in [1.82, 2.24) is 9.38 Å². The van der Waals surface area contributed by atoms with Gasteiger partial charge >= 0.3 is 0 Å². The number of ether oxygens (including phenoxy) is 1. The first kappa shape index (κ1) is 21.2. The van der Waals surface area contributed by atoms with E-state index in [0.29, 0.717) is 31.9 Å². The number of rotatable bonds is 4. The number of fused-ring (bicyclic) bond motifs is 4. The van der Waals surface area contributed by atoms with Gasteiger partial charge in [-0.1, -0.05) is 83.1 Å². The van der Waals surface area contributed by atoms with E-state index < -0.39 is 0 Å². The van der Waals surface area contributed by atoms with Crippen LogP contribution >= 0.6 is 34.5 Å². The number of imidazole rings is 1. The molecule has 34 heavy (non-hydrogen) atoms. The van der Waals surface area contributed by atoms with Crippen molar-refractivity contribution in [2.75, 3.05) is 0 Å². The van der Waals surface area contributed by atoms with Crippen LogP contribution in [0.1, 0.15) is 11.1 Å². The Kier molecular flexibility index (Phi) is 5.26. The van der Waals surface area contributed by atoms with Crippen LogP contribution in [0.5, 0.6) is 5.75 Å². The van der Waals surface area contributed by atoms with Crippen molar-refractivity contribution >= 4 is 67.4 Å². The number of thiazole rings is 1. The Bertz CT molecular complexity index is 1800. The summed E-state index contributed by atoms with van der Waals surface area (Å²) in [5.41, 5.74) is 3.23. The van der Waals surface area contributed by atoms with E-state index in [9.17, 15) is 4.79 Å². The number of hydrogen-bond acceptors (Lipinski definition) is 4. The molecule has 6 rings (SSSR count). The maximum absolute atomic E-state index is 13.0. The van der Waals surface area contributed by atoms with Crippen molar-refractivity contribution in [3.8, 4) is 5.75 Å². The van der Waals surface area contributed by atoms with Gasteiger partial charge in [-0.3, -0.25) is 4.79 Å². The number of hydrogen-bond donors (Lipinski definition) is 0. The molecule has 2 heterocycles. The predicted octanol–water partition coefficient (Wildman–Crippen LogP) is 6.50. The average molecular weight is 503 g/mol. The average Bonchev–Trinajstić information content (AvgIpc) is 3.34. The Hall–Kier alpha value is -3.38. The number of para-hydroxylation sites is 2. The Morgan fingerprint density at radius 3 is 2.47 bits per heavy atom. The summed E-state index contributed by atoms with van der Waals surface area (Å²) >= 11 is 14.4. The molecule has 0 fully saturated rings. The molecule has 6 aromatic rings. The molecular formula is C27H16Cl2N2O2S. The van der Waals surface area contributed by atoms with E-state index in [2.05, 4.69) is 29.2 Å². The van der Waals surface area contributed by atoms with Crippen molar-refractivity contribution in [1.29, 1.82) is 0 Å². The van der Waals surface area contributed by atoms with Gasteiger partial charge < -0.3 is 4.74 Å². The van der Waals surface area contributed by atoms with Crippen LogP contribution in [-0.2, 0) is 6.61 Å². The zero-order valence-electron chi connectivity index (χ0n) is 17.7. The van der Waals surface area contributed by atoms with E-state index in [0.717, 1.165) is 27.5 Å². The first-order chi connectivity index (χ1) is 16.6. The quantitative estimate of drug-likeness (QED) is 0.276. The van der Waals surface area contributed by atoms with E-state index in [1.165, 1.54) is 16.7 Å². The highest BCUT2D eigenvalue weighted by Gasteiger charge is 2.13. The molecule has 0 saturated carbocycles. The van der Waals surface area contributed by atoms with Crippen molar-refractivity contribution in [2.45, 2.75) is 6.61 Å². The van der Waals surface area contributed by atoms with Crippen LogP contribution < -0.4 is 14.8 Å². The highest BCUT2D eigenvalue weighted by atomic mass is 35.5. The fraction of sp³-hybridized carbons (Fsp3) is 0.0370. The van der Waals surface area contributed by atoms with Gasteiger partial charge in [0.25, 0.3) is 5.56 Å². The van der Waals surface area contributed by atoms with Gasteiger partial charge in [0, 0.05) is 0 Å². The minimum Gasteiger partial charge on any atom is -0.486 e. The van der Waals surface area contributed by atoms with Crippen LogP contribution in [0.2, 0.25) is 10.0 Å². The predicted molar refractivity (Wildman–Crippen MR) is 140 cm³/mol. The monoisotopic (exact) mass is 502 g/mol. The summed E-state index contributed by atoms with van der Waals surface area (Å²) < 4.78 is 8.16. The van der Waals surface area contributed by atoms with Gasteiger partial charge in [0.2, 0.25) is 0 Å². The molecule has 7 heteroatoms. The fourth-order valence-corrected chi connectivity index (χ4v) is 5.65. The van der Waals surface area contributed by atoms with Crippen LogP contribution in [-0.4, -0.2) is 9.38 Å². The second-order valence-electron chi connectivity index (χ2n) is 7.92. The lowest BCUT2D eigenvalue weighted by Crippen LogP contribution is -2.22. The standard InChI is InChI=1S/C27H16Cl2N2O2S/c28-20-12-17(14-24-26(32)31-23-8-4-3-7-22(23)30-27(31)34-24)13-21(29)25(20)33-15-16-9-10-18-5-1-2-6-19(18)11-16/h1-14H,15H2. The molecule has 0 unspecified atom stereocenters. The zero-order chi connectivity index (χ0) is 23.2. The number of aromatic nitrogens is 2. The molecule has 0 aliphatic rings. The summed E-state index contributed by atoms with van der Waals surface area (Å²) in [5.74, 6) is 0.419. The van der Waals surface area contributed by atoms with Crippen molar-refractivity contribution < 1.29 is 4.74 Å². The third-order valence-corrected chi connectivity index (χ3v) is 7.19. The Labute approximate surface area is 208 Å². The van der Waals surface area contributed by atoms with E-state index in [1.54, 1.807) is 22.6 Å². The first-order valence-electron chi connectivity index (χ1n) is 10.6. The highest BCUT2D eigenvalue weighted by molar-refractivity contribution is 7.15. The lowest BCUT2D eigenvalue weighted by atomic mass is 10.1. The molecule has 0 aliphatic heterocycles. The van der Waals surface area contributed by atoms with Crippen molar-refractivity contribution in [3.05, 3.63) is 115 Å². The second kappa shape index (κ2) is 8.44. The van der Waals surface area contributed by atoms with E-state index in [1.807, 2.05) is 42.5 Å². The molecular weight excluding hydrogens is 487 g/mol. The van der Waals surface area contributed by atoms with Crippen molar-refractivity contribution in [2.24, 2.45) is 0 Å². The van der Waals surface area contributed by atoms with Gasteiger partial charge in [-0.05, 0) is 58.3 Å². The molecule has 0 N–H and O–H groups in total. The van der Waals surface area contributed by atoms with Gasteiger partial charge in [-0.25, -0.2) is 9.38 Å². The van der Waals surface area contributed by atoms with E-state index in [4.69, 9.17) is 27.9 Å². The Morgan fingerprint density at radius 1 is 0.912 bits per heavy atom. The van der Waals surface area contributed by atoms with Crippen LogP contribution in [0.3, 0.4) is 0 Å².